The van der Waals surface area contributed by atoms with Crippen LogP contribution in [0.5, 0.6) is 0 Å². The first kappa shape index (κ1) is 19.5. The lowest BCUT2D eigenvalue weighted by atomic mass is 10.2. The van der Waals surface area contributed by atoms with E-state index in [0.717, 1.165) is 11.1 Å². The number of Topliss-reactive ketones (excluding diaryl/α,β-unsaturated/α-hetero) is 1. The van der Waals surface area contributed by atoms with Crippen molar-refractivity contribution in [3.05, 3.63) is 89.2 Å². The number of nitrogens with zero attached hydrogens (tertiary/aromatic N) is 4. The molecule has 0 amide bonds. The average molecular weight is 423 g/mol. The zero-order chi connectivity index (χ0) is 20.2. The second kappa shape index (κ2) is 8.68. The Labute approximate surface area is 178 Å². The van der Waals surface area contributed by atoms with Gasteiger partial charge in [-0.25, -0.2) is 0 Å². The van der Waals surface area contributed by atoms with Crippen LogP contribution in [0.2, 0.25) is 5.02 Å². The minimum absolute atomic E-state index is 0.0519. The highest BCUT2D eigenvalue weighted by Gasteiger charge is 2.18. The molecule has 4 aromatic rings. The van der Waals surface area contributed by atoms with Gasteiger partial charge in [-0.15, -0.1) is 10.2 Å². The van der Waals surface area contributed by atoms with Crippen molar-refractivity contribution < 1.29 is 4.79 Å². The second-order valence-electron chi connectivity index (χ2n) is 6.57. The van der Waals surface area contributed by atoms with E-state index in [4.69, 9.17) is 11.6 Å². The van der Waals surface area contributed by atoms with Crippen LogP contribution in [0.1, 0.15) is 16.1 Å². The van der Waals surface area contributed by atoms with Crippen LogP contribution >= 0.6 is 23.4 Å². The van der Waals surface area contributed by atoms with Gasteiger partial charge in [0.15, 0.2) is 16.8 Å². The van der Waals surface area contributed by atoms with E-state index in [1.165, 1.54) is 11.8 Å². The molecule has 0 aliphatic rings. The fourth-order valence-electron chi connectivity index (χ4n) is 3.10. The quantitative estimate of drug-likeness (QED) is 0.312. The molecule has 0 aliphatic carbocycles. The van der Waals surface area contributed by atoms with E-state index in [-0.39, 0.29) is 11.5 Å². The maximum atomic E-state index is 12.6. The Morgan fingerprint density at radius 1 is 1.00 bits per heavy atom. The minimum Gasteiger partial charge on any atom is -0.348 e. The number of benzene rings is 2. The van der Waals surface area contributed by atoms with Crippen LogP contribution in [0.15, 0.2) is 78.1 Å². The van der Waals surface area contributed by atoms with Crippen LogP contribution in [0.4, 0.5) is 0 Å². The van der Waals surface area contributed by atoms with E-state index in [1.54, 1.807) is 0 Å². The highest BCUT2D eigenvalue weighted by Crippen LogP contribution is 2.30. The topological polar surface area (TPSA) is 52.7 Å². The molecular weight excluding hydrogens is 404 g/mol. The van der Waals surface area contributed by atoms with E-state index in [2.05, 4.69) is 22.3 Å². The molecule has 0 saturated heterocycles. The highest BCUT2D eigenvalue weighted by molar-refractivity contribution is 7.99. The number of halogens is 1. The first-order valence-corrected chi connectivity index (χ1v) is 10.5. The summed E-state index contributed by atoms with van der Waals surface area (Å²) < 4.78 is 3.84. The van der Waals surface area contributed by atoms with Crippen molar-refractivity contribution in [1.29, 1.82) is 0 Å². The first-order valence-electron chi connectivity index (χ1n) is 9.13. The van der Waals surface area contributed by atoms with E-state index < -0.39 is 0 Å². The Morgan fingerprint density at radius 2 is 1.76 bits per heavy atom. The predicted molar refractivity (Wildman–Crippen MR) is 116 cm³/mol. The molecule has 4 rings (SSSR count). The van der Waals surface area contributed by atoms with E-state index >= 15 is 0 Å². The molecule has 0 saturated carbocycles. The second-order valence-corrected chi connectivity index (χ2v) is 7.92. The Bertz CT molecular complexity index is 1140. The molecule has 0 radical (unpaired) electrons. The number of thioether (sulfide) groups is 1. The first-order chi connectivity index (χ1) is 14.1. The van der Waals surface area contributed by atoms with Crippen LogP contribution in [0, 0.1) is 0 Å². The summed E-state index contributed by atoms with van der Waals surface area (Å²) in [6.07, 6.45) is 1.87. The summed E-state index contributed by atoms with van der Waals surface area (Å²) in [7, 11) is 1.87. The van der Waals surface area contributed by atoms with Crippen molar-refractivity contribution in [1.82, 2.24) is 19.3 Å². The maximum absolute atomic E-state index is 12.6. The zero-order valence-corrected chi connectivity index (χ0v) is 17.4. The average Bonchev–Trinajstić information content (AvgIpc) is 3.34. The van der Waals surface area contributed by atoms with Crippen molar-refractivity contribution in [2.45, 2.75) is 11.7 Å². The SMILES string of the molecule is Cn1cccc1C(=O)CSc1nnc(-c2ccccc2Cl)n1Cc1ccccc1. The molecule has 0 fully saturated rings. The van der Waals surface area contributed by atoms with Crippen LogP contribution in [-0.2, 0) is 13.6 Å². The van der Waals surface area contributed by atoms with Gasteiger partial charge in [0.25, 0.3) is 0 Å². The normalized spacial score (nSPS) is 11.0. The standard InChI is InChI=1S/C22H19ClN4OS/c1-26-13-7-12-19(26)20(28)15-29-22-25-24-21(17-10-5-6-11-18(17)23)27(22)14-16-8-3-2-4-9-16/h2-13H,14-15H2,1H3. The van der Waals surface area contributed by atoms with Gasteiger partial charge in [-0.3, -0.25) is 9.36 Å². The van der Waals surface area contributed by atoms with E-state index in [0.29, 0.717) is 28.2 Å². The van der Waals surface area contributed by atoms with Crippen molar-refractivity contribution in [2.24, 2.45) is 7.05 Å². The number of carbonyl (C=O) groups excluding carboxylic acids is 1. The Balaban J connectivity index is 1.65. The summed E-state index contributed by atoms with van der Waals surface area (Å²) in [5.41, 5.74) is 2.62. The molecule has 29 heavy (non-hydrogen) atoms. The van der Waals surface area contributed by atoms with Gasteiger partial charge in [-0.05, 0) is 29.8 Å². The lowest BCUT2D eigenvalue weighted by Gasteiger charge is -2.11. The molecule has 5 nitrogen and oxygen atoms in total. The number of carbonyl (C=O) groups is 1. The molecule has 2 aromatic heterocycles. The molecule has 0 unspecified atom stereocenters. The molecule has 2 aromatic carbocycles. The van der Waals surface area contributed by atoms with Gasteiger partial charge in [0.2, 0.25) is 0 Å². The fourth-order valence-corrected chi connectivity index (χ4v) is 4.13. The van der Waals surface area contributed by atoms with Crippen molar-refractivity contribution in [2.75, 3.05) is 5.75 Å². The summed E-state index contributed by atoms with van der Waals surface area (Å²) in [6.45, 7) is 0.592. The molecule has 0 bridgehead atoms. The van der Waals surface area contributed by atoms with Crippen molar-refractivity contribution in [3.8, 4) is 11.4 Å². The molecular formula is C22H19ClN4OS. The molecule has 0 N–H and O–H groups in total. The van der Waals surface area contributed by atoms with Gasteiger partial charge >= 0.3 is 0 Å². The van der Waals surface area contributed by atoms with Gasteiger partial charge in [0.1, 0.15) is 0 Å². The number of ketones is 1. The third kappa shape index (κ3) is 4.28. The van der Waals surface area contributed by atoms with Gasteiger partial charge < -0.3 is 4.57 Å². The van der Waals surface area contributed by atoms with Crippen LogP contribution in [-0.4, -0.2) is 30.9 Å². The smallest absolute Gasteiger partial charge is 0.192 e. The number of aryl methyl sites for hydroxylation is 1. The monoisotopic (exact) mass is 422 g/mol. The number of hydrogen-bond donors (Lipinski definition) is 0. The Kier molecular flexibility index (Phi) is 5.83. The van der Waals surface area contributed by atoms with E-state index in [9.17, 15) is 4.79 Å². The Morgan fingerprint density at radius 3 is 2.48 bits per heavy atom. The lowest BCUT2D eigenvalue weighted by Crippen LogP contribution is -2.09. The van der Waals surface area contributed by atoms with Crippen LogP contribution < -0.4 is 0 Å². The van der Waals surface area contributed by atoms with Gasteiger partial charge in [-0.2, -0.15) is 0 Å². The molecule has 7 heteroatoms. The van der Waals surface area contributed by atoms with Crippen LogP contribution in [0.25, 0.3) is 11.4 Å². The Hall–Kier alpha value is -2.83. The summed E-state index contributed by atoms with van der Waals surface area (Å²) in [5, 5.41) is 10.1. The number of aromatic nitrogens is 4. The third-order valence-corrected chi connectivity index (χ3v) is 5.87. The molecule has 146 valence electrons. The minimum atomic E-state index is 0.0519. The van der Waals surface area contributed by atoms with Crippen LogP contribution in [0.3, 0.4) is 0 Å². The zero-order valence-electron chi connectivity index (χ0n) is 15.8. The molecule has 0 aliphatic heterocycles. The summed E-state index contributed by atoms with van der Waals surface area (Å²) in [5.74, 6) is 1.03. The molecule has 0 spiro atoms. The third-order valence-electron chi connectivity index (χ3n) is 4.58. The predicted octanol–water partition coefficient (Wildman–Crippen LogP) is 4.96. The van der Waals surface area contributed by atoms with Gasteiger partial charge in [0.05, 0.1) is 23.0 Å². The largest absolute Gasteiger partial charge is 0.348 e. The summed E-state index contributed by atoms with van der Waals surface area (Å²) in [4.78, 5) is 12.6. The lowest BCUT2D eigenvalue weighted by molar-refractivity contribution is 0.101. The molecule has 0 atom stereocenters. The van der Waals surface area contributed by atoms with E-state index in [1.807, 2.05) is 77.0 Å². The maximum Gasteiger partial charge on any atom is 0.192 e. The van der Waals surface area contributed by atoms with Gasteiger partial charge in [0, 0.05) is 18.8 Å². The fraction of sp³-hybridized carbons (Fsp3) is 0.136. The molecule has 2 heterocycles. The number of hydrogen-bond acceptors (Lipinski definition) is 4. The summed E-state index contributed by atoms with van der Waals surface area (Å²) in [6, 6.07) is 21.4. The number of rotatable bonds is 7. The highest BCUT2D eigenvalue weighted by atomic mass is 35.5. The van der Waals surface area contributed by atoms with Gasteiger partial charge in [-0.1, -0.05) is 65.8 Å². The van der Waals surface area contributed by atoms with Crippen molar-refractivity contribution in [3.63, 3.8) is 0 Å². The summed E-state index contributed by atoms with van der Waals surface area (Å²) >= 11 is 7.80. The van der Waals surface area contributed by atoms with Crippen molar-refractivity contribution >= 4 is 29.1 Å².